The van der Waals surface area contributed by atoms with Crippen molar-refractivity contribution in [1.29, 1.82) is 0 Å². The Morgan fingerprint density at radius 2 is 2.11 bits per heavy atom. The van der Waals surface area contributed by atoms with Gasteiger partial charge in [0, 0.05) is 17.6 Å². The molecule has 18 heavy (non-hydrogen) atoms. The summed E-state index contributed by atoms with van der Waals surface area (Å²) in [6, 6.07) is 0. The average Bonchev–Trinajstić information content (AvgIpc) is 2.67. The quantitative estimate of drug-likeness (QED) is 0.907. The van der Waals surface area contributed by atoms with E-state index in [4.69, 9.17) is 5.73 Å². The Morgan fingerprint density at radius 1 is 1.33 bits per heavy atom. The second kappa shape index (κ2) is 6.02. The predicted octanol–water partition coefficient (Wildman–Crippen LogP) is 3.52. The molecule has 1 fully saturated rings. The van der Waals surface area contributed by atoms with Crippen molar-refractivity contribution in [2.45, 2.75) is 52.5 Å². The second-order valence-electron chi connectivity index (χ2n) is 5.50. The van der Waals surface area contributed by atoms with Gasteiger partial charge in [-0.05, 0) is 37.8 Å². The first-order chi connectivity index (χ1) is 8.67. The Morgan fingerprint density at radius 3 is 2.72 bits per heavy atom. The molecule has 1 aromatic rings. The number of nitrogens with two attached hydrogens (primary N) is 1. The first-order valence-electron chi connectivity index (χ1n) is 7.10. The summed E-state index contributed by atoms with van der Waals surface area (Å²) in [7, 11) is 0. The first-order valence-corrected chi connectivity index (χ1v) is 7.91. The molecule has 1 aliphatic heterocycles. The molecule has 1 aromatic heterocycles. The molecule has 0 aromatic carbocycles. The maximum atomic E-state index is 5.69. The summed E-state index contributed by atoms with van der Waals surface area (Å²) < 4.78 is 0. The fourth-order valence-electron chi connectivity index (χ4n) is 3.04. The molecule has 0 atom stereocenters. The average molecular weight is 267 g/mol. The summed E-state index contributed by atoms with van der Waals surface area (Å²) in [5.41, 5.74) is 6.29. The SMILES string of the molecule is CCC1(CC)CCCN(Cc2cnc(N)s2)CC1. The zero-order chi connectivity index (χ0) is 13.0. The van der Waals surface area contributed by atoms with E-state index in [-0.39, 0.29) is 0 Å². The highest BCUT2D eigenvalue weighted by molar-refractivity contribution is 7.15. The van der Waals surface area contributed by atoms with Crippen LogP contribution < -0.4 is 5.73 Å². The van der Waals surface area contributed by atoms with E-state index in [1.165, 1.54) is 50.1 Å². The number of nitrogens with zero attached hydrogens (tertiary/aromatic N) is 2. The van der Waals surface area contributed by atoms with Gasteiger partial charge in [-0.15, -0.1) is 11.3 Å². The highest BCUT2D eigenvalue weighted by atomic mass is 32.1. The van der Waals surface area contributed by atoms with Gasteiger partial charge in [0.15, 0.2) is 5.13 Å². The van der Waals surface area contributed by atoms with E-state index in [9.17, 15) is 0 Å². The molecule has 4 heteroatoms. The molecule has 0 bridgehead atoms. The van der Waals surface area contributed by atoms with E-state index < -0.39 is 0 Å². The lowest BCUT2D eigenvalue weighted by Gasteiger charge is -2.30. The number of hydrogen-bond donors (Lipinski definition) is 1. The minimum Gasteiger partial charge on any atom is -0.375 e. The molecule has 2 heterocycles. The van der Waals surface area contributed by atoms with Gasteiger partial charge in [-0.3, -0.25) is 4.90 Å². The van der Waals surface area contributed by atoms with Gasteiger partial charge in [0.05, 0.1) is 0 Å². The van der Waals surface area contributed by atoms with Gasteiger partial charge in [0.2, 0.25) is 0 Å². The maximum Gasteiger partial charge on any atom is 0.180 e. The lowest BCUT2D eigenvalue weighted by atomic mass is 9.76. The first kappa shape index (κ1) is 13.8. The fourth-order valence-corrected chi connectivity index (χ4v) is 3.77. The molecule has 2 rings (SSSR count). The van der Waals surface area contributed by atoms with Crippen molar-refractivity contribution < 1.29 is 0 Å². The van der Waals surface area contributed by atoms with E-state index in [0.717, 1.165) is 6.54 Å². The largest absolute Gasteiger partial charge is 0.375 e. The molecule has 3 nitrogen and oxygen atoms in total. The van der Waals surface area contributed by atoms with Crippen molar-refractivity contribution in [2.24, 2.45) is 5.41 Å². The standard InChI is InChI=1S/C14H25N3S/c1-3-14(4-2)6-5-8-17(9-7-14)11-12-10-16-13(15)18-12/h10H,3-9,11H2,1-2H3,(H2,15,16). The molecular weight excluding hydrogens is 242 g/mol. The van der Waals surface area contributed by atoms with Gasteiger partial charge in [-0.1, -0.05) is 26.7 Å². The van der Waals surface area contributed by atoms with Crippen molar-refractivity contribution in [1.82, 2.24) is 9.88 Å². The molecule has 0 saturated carbocycles. The van der Waals surface area contributed by atoms with Crippen LogP contribution in [-0.2, 0) is 6.54 Å². The zero-order valence-corrected chi connectivity index (χ0v) is 12.4. The molecule has 0 unspecified atom stereocenters. The van der Waals surface area contributed by atoms with Crippen LogP contribution >= 0.6 is 11.3 Å². The van der Waals surface area contributed by atoms with Gasteiger partial charge in [0.1, 0.15) is 0 Å². The molecule has 0 radical (unpaired) electrons. The molecule has 0 amide bonds. The highest BCUT2D eigenvalue weighted by Gasteiger charge is 2.29. The maximum absolute atomic E-state index is 5.69. The highest BCUT2D eigenvalue weighted by Crippen LogP contribution is 2.38. The summed E-state index contributed by atoms with van der Waals surface area (Å²) >= 11 is 1.62. The number of nitrogen functional groups attached to an aromatic ring is 1. The molecule has 1 saturated heterocycles. The summed E-state index contributed by atoms with van der Waals surface area (Å²) in [6.45, 7) is 8.17. The van der Waals surface area contributed by atoms with Crippen molar-refractivity contribution in [3.63, 3.8) is 0 Å². The smallest absolute Gasteiger partial charge is 0.180 e. The fraction of sp³-hybridized carbons (Fsp3) is 0.786. The van der Waals surface area contributed by atoms with Crippen LogP contribution in [0.4, 0.5) is 5.13 Å². The minimum absolute atomic E-state index is 0.599. The number of aromatic nitrogens is 1. The topological polar surface area (TPSA) is 42.2 Å². The third-order valence-corrected chi connectivity index (χ3v) is 5.40. The lowest BCUT2D eigenvalue weighted by molar-refractivity contribution is 0.210. The third-order valence-electron chi connectivity index (χ3n) is 4.59. The number of anilines is 1. The van der Waals surface area contributed by atoms with E-state index in [1.807, 2.05) is 6.20 Å². The van der Waals surface area contributed by atoms with Gasteiger partial charge >= 0.3 is 0 Å². The van der Waals surface area contributed by atoms with Gasteiger partial charge < -0.3 is 5.73 Å². The van der Waals surface area contributed by atoms with E-state index >= 15 is 0 Å². The van der Waals surface area contributed by atoms with E-state index in [1.54, 1.807) is 11.3 Å². The molecule has 0 aliphatic carbocycles. The summed E-state index contributed by atoms with van der Waals surface area (Å²) in [6.07, 6.45) is 8.64. The Balaban J connectivity index is 1.93. The van der Waals surface area contributed by atoms with Crippen molar-refractivity contribution in [3.05, 3.63) is 11.1 Å². The van der Waals surface area contributed by atoms with Gasteiger partial charge in [-0.25, -0.2) is 4.98 Å². The van der Waals surface area contributed by atoms with Gasteiger partial charge in [0.25, 0.3) is 0 Å². The van der Waals surface area contributed by atoms with E-state index in [2.05, 4.69) is 23.7 Å². The third kappa shape index (κ3) is 3.23. The Hall–Kier alpha value is -0.610. The molecule has 0 spiro atoms. The lowest BCUT2D eigenvalue weighted by Crippen LogP contribution is -2.25. The van der Waals surface area contributed by atoms with E-state index in [0.29, 0.717) is 10.5 Å². The number of thiazole rings is 1. The van der Waals surface area contributed by atoms with Crippen LogP contribution in [0, 0.1) is 5.41 Å². The van der Waals surface area contributed by atoms with Crippen LogP contribution in [0.5, 0.6) is 0 Å². The van der Waals surface area contributed by atoms with Crippen LogP contribution in [0.1, 0.15) is 50.8 Å². The van der Waals surface area contributed by atoms with Crippen molar-refractivity contribution in [3.8, 4) is 0 Å². The van der Waals surface area contributed by atoms with Crippen LogP contribution in [-0.4, -0.2) is 23.0 Å². The number of likely N-dealkylation sites (tertiary alicyclic amines) is 1. The predicted molar refractivity (Wildman–Crippen MR) is 78.7 cm³/mol. The van der Waals surface area contributed by atoms with Crippen molar-refractivity contribution in [2.75, 3.05) is 18.8 Å². The minimum atomic E-state index is 0.599. The molecule has 2 N–H and O–H groups in total. The normalized spacial score (nSPS) is 20.8. The zero-order valence-electron chi connectivity index (χ0n) is 11.6. The van der Waals surface area contributed by atoms with Crippen LogP contribution in [0.15, 0.2) is 6.20 Å². The summed E-state index contributed by atoms with van der Waals surface area (Å²) in [4.78, 5) is 8.00. The molecule has 102 valence electrons. The Labute approximate surface area is 114 Å². The second-order valence-corrected chi connectivity index (χ2v) is 6.65. The summed E-state index contributed by atoms with van der Waals surface area (Å²) in [5, 5.41) is 0.691. The van der Waals surface area contributed by atoms with Crippen LogP contribution in [0.3, 0.4) is 0 Å². The molecular formula is C14H25N3S. The van der Waals surface area contributed by atoms with Crippen LogP contribution in [0.2, 0.25) is 0 Å². The molecule has 1 aliphatic rings. The number of rotatable bonds is 4. The monoisotopic (exact) mass is 267 g/mol. The summed E-state index contributed by atoms with van der Waals surface area (Å²) in [5.74, 6) is 0. The van der Waals surface area contributed by atoms with Crippen LogP contribution in [0.25, 0.3) is 0 Å². The number of hydrogen-bond acceptors (Lipinski definition) is 4. The Kier molecular flexibility index (Phi) is 4.62. The Bertz CT molecular complexity index is 371. The van der Waals surface area contributed by atoms with Crippen molar-refractivity contribution >= 4 is 16.5 Å². The van der Waals surface area contributed by atoms with Gasteiger partial charge in [-0.2, -0.15) is 0 Å².